The second-order valence-corrected chi connectivity index (χ2v) is 9.84. The molecule has 0 unspecified atom stereocenters. The van der Waals surface area contributed by atoms with Crippen molar-refractivity contribution in [1.29, 1.82) is 5.41 Å². The maximum Gasteiger partial charge on any atom is 0.357 e. The molecule has 1 aliphatic heterocycles. The molecule has 1 saturated heterocycles. The predicted octanol–water partition coefficient (Wildman–Crippen LogP) is 4.20. The van der Waals surface area contributed by atoms with Gasteiger partial charge in [-0.2, -0.15) is 4.98 Å². The largest absolute Gasteiger partial charge is 0.497 e. The Morgan fingerprint density at radius 1 is 1.07 bits per heavy atom. The number of rotatable bonds is 11. The highest BCUT2D eigenvalue weighted by Crippen LogP contribution is 2.32. The maximum absolute atomic E-state index is 12.9. The summed E-state index contributed by atoms with van der Waals surface area (Å²) in [7, 11) is 3.24. The van der Waals surface area contributed by atoms with E-state index in [-0.39, 0.29) is 18.2 Å². The summed E-state index contributed by atoms with van der Waals surface area (Å²) in [5.74, 6) is 1.41. The van der Waals surface area contributed by atoms with Gasteiger partial charge in [-0.25, -0.2) is 4.79 Å². The molecule has 0 aliphatic carbocycles. The van der Waals surface area contributed by atoms with Crippen molar-refractivity contribution in [2.45, 2.75) is 27.3 Å². The van der Waals surface area contributed by atoms with Crippen molar-refractivity contribution in [2.75, 3.05) is 52.0 Å². The molecule has 0 radical (unpaired) electrons. The SMILES string of the molecule is CCOC(=O)c1cc(-c2ccc(N3CCOCC3)cc2)c(C(=N)C(C)C)c([NH2+]Cc2ccc(OC)cc2OC)n1. The van der Waals surface area contributed by atoms with Crippen LogP contribution in [0.3, 0.4) is 0 Å². The zero-order valence-corrected chi connectivity index (χ0v) is 24.0. The van der Waals surface area contributed by atoms with Gasteiger partial charge in [-0.15, -0.1) is 0 Å². The van der Waals surface area contributed by atoms with Gasteiger partial charge in [0.25, 0.3) is 0 Å². The molecule has 0 amide bonds. The quantitative estimate of drug-likeness (QED) is 0.273. The van der Waals surface area contributed by atoms with Crippen molar-refractivity contribution in [2.24, 2.45) is 5.92 Å². The number of pyridine rings is 1. The Labute approximate surface area is 235 Å². The van der Waals surface area contributed by atoms with E-state index in [1.165, 1.54) is 0 Å². The molecule has 3 aromatic rings. The van der Waals surface area contributed by atoms with Gasteiger partial charge in [-0.1, -0.05) is 26.0 Å². The number of quaternary nitrogens is 1. The van der Waals surface area contributed by atoms with Crippen LogP contribution < -0.4 is 19.7 Å². The number of carbonyl (C=O) groups excluding carboxylic acids is 1. The zero-order chi connectivity index (χ0) is 28.6. The lowest BCUT2D eigenvalue weighted by molar-refractivity contribution is -0.592. The third-order valence-electron chi connectivity index (χ3n) is 6.94. The Hall–Kier alpha value is -3.95. The van der Waals surface area contributed by atoms with Gasteiger partial charge in [0.1, 0.15) is 18.0 Å². The van der Waals surface area contributed by atoms with E-state index in [1.807, 2.05) is 49.5 Å². The van der Waals surface area contributed by atoms with Crippen LogP contribution in [0.4, 0.5) is 11.5 Å². The zero-order valence-electron chi connectivity index (χ0n) is 24.0. The fraction of sp³-hybridized carbons (Fsp3) is 0.387. The number of hydrogen-bond acceptors (Lipinski definition) is 8. The molecule has 0 spiro atoms. The topological polar surface area (TPSA) is 111 Å². The maximum atomic E-state index is 12.9. The van der Waals surface area contributed by atoms with Crippen LogP contribution in [-0.4, -0.2) is 63.8 Å². The van der Waals surface area contributed by atoms with Crippen molar-refractivity contribution in [3.63, 3.8) is 0 Å². The highest BCUT2D eigenvalue weighted by atomic mass is 16.5. The predicted molar refractivity (Wildman–Crippen MR) is 155 cm³/mol. The minimum Gasteiger partial charge on any atom is -0.497 e. The van der Waals surface area contributed by atoms with Gasteiger partial charge < -0.3 is 29.3 Å². The molecule has 1 aliphatic rings. The summed E-state index contributed by atoms with van der Waals surface area (Å²) in [6.45, 7) is 9.60. The van der Waals surface area contributed by atoms with Gasteiger partial charge >= 0.3 is 5.97 Å². The number of morpholine rings is 1. The summed E-state index contributed by atoms with van der Waals surface area (Å²) in [4.78, 5) is 19.9. The molecule has 1 aromatic heterocycles. The fourth-order valence-corrected chi connectivity index (χ4v) is 4.72. The molecule has 0 bridgehead atoms. The number of ether oxygens (including phenoxy) is 4. The van der Waals surface area contributed by atoms with Crippen molar-refractivity contribution in [1.82, 2.24) is 4.98 Å². The molecule has 9 nitrogen and oxygen atoms in total. The Morgan fingerprint density at radius 2 is 1.80 bits per heavy atom. The van der Waals surface area contributed by atoms with Crippen LogP contribution in [0.2, 0.25) is 0 Å². The van der Waals surface area contributed by atoms with Crippen molar-refractivity contribution in [3.05, 3.63) is 65.4 Å². The smallest absolute Gasteiger partial charge is 0.357 e. The third kappa shape index (κ3) is 6.60. The van der Waals surface area contributed by atoms with Gasteiger partial charge in [0.2, 0.25) is 5.82 Å². The molecular weight excluding hydrogens is 508 g/mol. The van der Waals surface area contributed by atoms with Gasteiger partial charge in [-0.3, -0.25) is 5.32 Å². The number of nitrogens with one attached hydrogen (secondary N) is 1. The first-order valence-electron chi connectivity index (χ1n) is 13.6. The number of hydrogen-bond donors (Lipinski definition) is 2. The first kappa shape index (κ1) is 29.0. The van der Waals surface area contributed by atoms with Crippen molar-refractivity contribution in [3.8, 4) is 22.6 Å². The van der Waals surface area contributed by atoms with Gasteiger partial charge in [-0.05, 0) is 48.7 Å². The molecule has 1 fully saturated rings. The lowest BCUT2D eigenvalue weighted by atomic mass is 9.91. The Kier molecular flexibility index (Phi) is 9.74. The van der Waals surface area contributed by atoms with E-state index in [0.29, 0.717) is 48.4 Å². The standard InChI is InChI=1S/C31H38N4O5/c1-6-40-31(36)26-18-25(21-7-10-23(11-8-21)35-13-15-39-16-14-35)28(29(32)20(2)3)30(34-26)33-19-22-9-12-24(37-4)17-27(22)38-5/h7-12,17-18,20,32H,6,13-16,19H2,1-5H3,(H,33,34)/p+1. The summed E-state index contributed by atoms with van der Waals surface area (Å²) in [6.07, 6.45) is 0. The van der Waals surface area contributed by atoms with Crippen LogP contribution in [0.25, 0.3) is 11.1 Å². The minimum absolute atomic E-state index is 0.0516. The highest BCUT2D eigenvalue weighted by molar-refractivity contribution is 6.08. The summed E-state index contributed by atoms with van der Waals surface area (Å²) < 4.78 is 21.7. The minimum atomic E-state index is -0.493. The molecule has 40 heavy (non-hydrogen) atoms. The van der Waals surface area contributed by atoms with E-state index in [1.54, 1.807) is 27.2 Å². The molecular formula is C31H39N4O5+. The molecule has 2 heterocycles. The summed E-state index contributed by atoms with van der Waals surface area (Å²) in [6, 6.07) is 15.7. The Morgan fingerprint density at radius 3 is 2.42 bits per heavy atom. The molecule has 0 saturated carbocycles. The van der Waals surface area contributed by atoms with Crippen LogP contribution in [0, 0.1) is 11.3 Å². The van der Waals surface area contributed by atoms with Gasteiger partial charge in [0, 0.05) is 41.7 Å². The Bertz CT molecular complexity index is 1330. The van der Waals surface area contributed by atoms with Crippen LogP contribution in [0.1, 0.15) is 42.4 Å². The lowest BCUT2D eigenvalue weighted by Crippen LogP contribution is -2.77. The normalized spacial score (nSPS) is 13.3. The summed E-state index contributed by atoms with van der Waals surface area (Å²) in [5, 5.41) is 11.0. The van der Waals surface area contributed by atoms with E-state index in [2.05, 4.69) is 17.0 Å². The van der Waals surface area contributed by atoms with E-state index in [4.69, 9.17) is 29.3 Å². The average molecular weight is 548 g/mol. The number of benzene rings is 2. The lowest BCUT2D eigenvalue weighted by Gasteiger charge is -2.29. The van der Waals surface area contributed by atoms with Crippen LogP contribution in [0.15, 0.2) is 48.5 Å². The summed E-state index contributed by atoms with van der Waals surface area (Å²) >= 11 is 0. The number of anilines is 1. The number of nitrogens with zero attached hydrogens (tertiary/aromatic N) is 2. The van der Waals surface area contributed by atoms with E-state index in [9.17, 15) is 4.79 Å². The third-order valence-corrected chi connectivity index (χ3v) is 6.94. The second-order valence-electron chi connectivity index (χ2n) is 9.84. The molecule has 3 N–H and O–H groups in total. The summed E-state index contributed by atoms with van der Waals surface area (Å²) in [5.41, 5.74) is 5.09. The van der Waals surface area contributed by atoms with E-state index >= 15 is 0 Å². The highest BCUT2D eigenvalue weighted by Gasteiger charge is 2.26. The number of nitrogens with two attached hydrogens (primary N) is 1. The number of aromatic nitrogens is 1. The van der Waals surface area contributed by atoms with E-state index < -0.39 is 5.97 Å². The van der Waals surface area contributed by atoms with E-state index in [0.717, 1.165) is 35.5 Å². The number of carbonyl (C=O) groups is 1. The number of methoxy groups -OCH3 is 2. The Balaban J connectivity index is 1.79. The van der Waals surface area contributed by atoms with Gasteiger partial charge in [0.05, 0.1) is 39.6 Å². The van der Waals surface area contributed by atoms with Crippen molar-refractivity contribution < 1.29 is 29.1 Å². The van der Waals surface area contributed by atoms with Crippen LogP contribution in [-0.2, 0) is 16.0 Å². The second kappa shape index (κ2) is 13.4. The average Bonchev–Trinajstić information content (AvgIpc) is 2.99. The van der Waals surface area contributed by atoms with Crippen LogP contribution in [0.5, 0.6) is 11.5 Å². The monoisotopic (exact) mass is 547 g/mol. The fourth-order valence-electron chi connectivity index (χ4n) is 4.72. The molecule has 212 valence electrons. The molecule has 4 rings (SSSR count). The molecule has 9 heteroatoms. The first-order valence-corrected chi connectivity index (χ1v) is 13.6. The van der Waals surface area contributed by atoms with Crippen molar-refractivity contribution >= 4 is 23.2 Å². The van der Waals surface area contributed by atoms with Gasteiger partial charge in [0.15, 0.2) is 5.69 Å². The molecule has 2 aromatic carbocycles. The molecule has 0 atom stereocenters. The first-order chi connectivity index (χ1) is 19.4. The van der Waals surface area contributed by atoms with Crippen LogP contribution >= 0.6 is 0 Å². The number of esters is 1.